The van der Waals surface area contributed by atoms with E-state index in [4.69, 9.17) is 11.6 Å². The molecule has 4 aromatic rings. The highest BCUT2D eigenvalue weighted by atomic mass is 35.5. The number of hydrogen-bond acceptors (Lipinski definition) is 8. The minimum Gasteiger partial charge on any atom is -0.444 e. The average molecular weight is 691 g/mol. The van der Waals surface area contributed by atoms with Gasteiger partial charge in [-0.2, -0.15) is 26.3 Å². The van der Waals surface area contributed by atoms with Crippen LogP contribution in [0.5, 0.6) is 0 Å². The first-order valence-electron chi connectivity index (χ1n) is 13.6. The smallest absolute Gasteiger partial charge is 0.444 e. The van der Waals surface area contributed by atoms with Crippen molar-refractivity contribution in [2.24, 2.45) is 0 Å². The van der Waals surface area contributed by atoms with Crippen molar-refractivity contribution in [3.63, 3.8) is 0 Å². The van der Waals surface area contributed by atoms with Crippen LogP contribution >= 0.6 is 11.6 Å². The zero-order chi connectivity index (χ0) is 34.1. The van der Waals surface area contributed by atoms with Crippen LogP contribution in [0.2, 0.25) is 5.02 Å². The van der Waals surface area contributed by atoms with Crippen LogP contribution < -0.4 is 11.0 Å². The molecule has 1 saturated heterocycles. The van der Waals surface area contributed by atoms with Crippen LogP contribution in [0.1, 0.15) is 16.4 Å². The first-order valence-corrected chi connectivity index (χ1v) is 14.0. The van der Waals surface area contributed by atoms with Crippen LogP contribution in [0, 0.1) is 5.82 Å². The SMILES string of the molecule is O=C(c1nc(Cn2nc(-c3ccc(Cl)cc3)n(C[C@H](OC(=O)C(F)(F)F)C(F)(F)F)c2=O)nn1-c1cccc(F)c1)N1CCNCC1. The third kappa shape index (κ3) is 7.62. The van der Waals surface area contributed by atoms with Gasteiger partial charge >= 0.3 is 24.0 Å². The first kappa shape index (κ1) is 33.6. The van der Waals surface area contributed by atoms with Gasteiger partial charge in [-0.15, -0.1) is 10.2 Å². The molecule has 20 heteroatoms. The van der Waals surface area contributed by atoms with Gasteiger partial charge in [-0.05, 0) is 42.5 Å². The fraction of sp³-hybridized carbons (Fsp3) is 0.333. The molecule has 2 aromatic heterocycles. The van der Waals surface area contributed by atoms with Gasteiger partial charge in [0, 0.05) is 36.8 Å². The van der Waals surface area contributed by atoms with Crippen molar-refractivity contribution in [1.82, 2.24) is 39.3 Å². The predicted octanol–water partition coefficient (Wildman–Crippen LogP) is 3.22. The lowest BCUT2D eigenvalue weighted by atomic mass is 10.2. The van der Waals surface area contributed by atoms with Crippen LogP contribution in [0.25, 0.3) is 17.1 Å². The van der Waals surface area contributed by atoms with E-state index < -0.39 is 60.8 Å². The van der Waals surface area contributed by atoms with Crippen LogP contribution in [0.4, 0.5) is 30.7 Å². The van der Waals surface area contributed by atoms with E-state index in [1.165, 1.54) is 41.3 Å². The van der Waals surface area contributed by atoms with E-state index in [2.05, 4.69) is 25.2 Å². The number of ether oxygens (including phenoxy) is 1. The fourth-order valence-electron chi connectivity index (χ4n) is 4.58. The summed E-state index contributed by atoms with van der Waals surface area (Å²) in [5, 5.41) is 11.6. The number of nitrogens with zero attached hydrogens (tertiary/aromatic N) is 7. The highest BCUT2D eigenvalue weighted by molar-refractivity contribution is 6.30. The lowest BCUT2D eigenvalue weighted by Gasteiger charge is -2.26. The maximum atomic E-state index is 14.1. The van der Waals surface area contributed by atoms with Crippen LogP contribution in [-0.4, -0.2) is 90.5 Å². The van der Waals surface area contributed by atoms with E-state index in [0.717, 1.165) is 16.8 Å². The van der Waals surface area contributed by atoms with Crippen molar-refractivity contribution in [2.45, 2.75) is 31.5 Å². The molecule has 1 N–H and O–H groups in total. The zero-order valence-electron chi connectivity index (χ0n) is 23.7. The molecule has 0 aliphatic carbocycles. The van der Waals surface area contributed by atoms with Gasteiger partial charge in [-0.3, -0.25) is 9.36 Å². The number of benzene rings is 2. The number of esters is 1. The Balaban J connectivity index is 1.57. The monoisotopic (exact) mass is 690 g/mol. The van der Waals surface area contributed by atoms with Crippen molar-refractivity contribution in [2.75, 3.05) is 26.2 Å². The molecular weight excluding hydrogens is 669 g/mol. The minimum absolute atomic E-state index is 0.0288. The Morgan fingerprint density at radius 1 is 1.00 bits per heavy atom. The molecule has 2 aromatic carbocycles. The summed E-state index contributed by atoms with van der Waals surface area (Å²) in [6.45, 7) is -0.625. The number of aromatic nitrogens is 6. The van der Waals surface area contributed by atoms with Gasteiger partial charge < -0.3 is 15.0 Å². The predicted molar refractivity (Wildman–Crippen MR) is 148 cm³/mol. The van der Waals surface area contributed by atoms with E-state index >= 15 is 0 Å². The van der Waals surface area contributed by atoms with E-state index in [1.54, 1.807) is 0 Å². The Morgan fingerprint density at radius 2 is 1.68 bits per heavy atom. The van der Waals surface area contributed by atoms with E-state index in [1.807, 2.05) is 0 Å². The Labute approximate surface area is 264 Å². The van der Waals surface area contributed by atoms with Gasteiger partial charge in [0.15, 0.2) is 11.6 Å². The quantitative estimate of drug-likeness (QED) is 0.221. The normalized spacial score (nSPS) is 14.7. The topological polar surface area (TPSA) is 129 Å². The summed E-state index contributed by atoms with van der Waals surface area (Å²) in [6, 6.07) is 10.3. The Kier molecular flexibility index (Phi) is 9.39. The summed E-state index contributed by atoms with van der Waals surface area (Å²) in [4.78, 5) is 43.9. The largest absolute Gasteiger partial charge is 0.490 e. The molecule has 0 saturated carbocycles. The molecule has 0 bridgehead atoms. The Hall–Kier alpha value is -4.78. The van der Waals surface area contributed by atoms with Gasteiger partial charge in [-0.25, -0.2) is 28.3 Å². The number of carbonyl (C=O) groups is 2. The number of rotatable bonds is 8. The molecule has 3 heterocycles. The Morgan fingerprint density at radius 3 is 2.30 bits per heavy atom. The number of hydrogen-bond donors (Lipinski definition) is 1. The molecule has 47 heavy (non-hydrogen) atoms. The molecule has 0 radical (unpaired) electrons. The number of piperazine rings is 1. The summed E-state index contributed by atoms with van der Waals surface area (Å²) in [6.07, 6.45) is -14.7. The number of halogens is 8. The standard InChI is InChI=1S/C27H22ClF7N8O4/c28-16-6-4-15(5-7-16)21-39-42(25(46)41(21)13-19(26(30,31)32)47-24(45)27(33,34)35)14-20-37-22(23(44)40-10-8-36-9-11-40)43(38-20)18-3-1-2-17(29)12-18/h1-7,12,19,36H,8-11,13-14H2/t19-/m0/s1. The molecule has 1 fully saturated rings. The van der Waals surface area contributed by atoms with Gasteiger partial charge in [0.25, 0.3) is 5.91 Å². The molecule has 0 unspecified atom stereocenters. The molecule has 1 aliphatic heterocycles. The Bertz CT molecular complexity index is 1830. The average Bonchev–Trinajstić information content (AvgIpc) is 3.57. The molecular formula is C27H22ClF7N8O4. The summed E-state index contributed by atoms with van der Waals surface area (Å²) < 4.78 is 99.6. The molecule has 5 rings (SSSR count). The van der Waals surface area contributed by atoms with E-state index in [0.29, 0.717) is 35.4 Å². The molecule has 12 nitrogen and oxygen atoms in total. The van der Waals surface area contributed by atoms with E-state index in [-0.39, 0.29) is 27.9 Å². The second kappa shape index (κ2) is 13.1. The molecule has 250 valence electrons. The van der Waals surface area contributed by atoms with Gasteiger partial charge in [0.1, 0.15) is 12.4 Å². The van der Waals surface area contributed by atoms with Crippen LogP contribution in [0.3, 0.4) is 0 Å². The first-order chi connectivity index (χ1) is 22.1. The second-order valence-corrected chi connectivity index (χ2v) is 10.5. The lowest BCUT2D eigenvalue weighted by molar-refractivity contribution is -0.247. The van der Waals surface area contributed by atoms with Gasteiger partial charge in [-0.1, -0.05) is 17.7 Å². The number of amides is 1. The maximum absolute atomic E-state index is 14.1. The highest BCUT2D eigenvalue weighted by Gasteiger charge is 2.50. The number of alkyl halides is 6. The highest BCUT2D eigenvalue weighted by Crippen LogP contribution is 2.29. The molecule has 1 aliphatic rings. The molecule has 0 spiro atoms. The third-order valence-corrected chi connectivity index (χ3v) is 7.06. The number of nitrogens with one attached hydrogen (secondary N) is 1. The van der Waals surface area contributed by atoms with Gasteiger partial charge in [0.2, 0.25) is 11.9 Å². The lowest BCUT2D eigenvalue weighted by Crippen LogP contribution is -2.47. The summed E-state index contributed by atoms with van der Waals surface area (Å²) in [5.41, 5.74) is -1.15. The van der Waals surface area contributed by atoms with E-state index in [9.17, 15) is 45.1 Å². The molecule has 1 amide bonds. The third-order valence-electron chi connectivity index (χ3n) is 6.81. The van der Waals surface area contributed by atoms with Crippen molar-refractivity contribution in [3.8, 4) is 17.1 Å². The van der Waals surface area contributed by atoms with Crippen LogP contribution in [-0.2, 0) is 22.6 Å². The summed E-state index contributed by atoms with van der Waals surface area (Å²) in [5.74, 6) is -5.29. The van der Waals surface area contributed by atoms with Crippen LogP contribution in [0.15, 0.2) is 53.3 Å². The second-order valence-electron chi connectivity index (χ2n) is 10.1. The van der Waals surface area contributed by atoms with Crippen molar-refractivity contribution in [3.05, 3.63) is 81.5 Å². The fourth-order valence-corrected chi connectivity index (χ4v) is 4.71. The molecule has 1 atom stereocenters. The minimum atomic E-state index is -5.75. The number of carbonyl (C=O) groups excluding carboxylic acids is 2. The summed E-state index contributed by atoms with van der Waals surface area (Å²) >= 11 is 5.90. The summed E-state index contributed by atoms with van der Waals surface area (Å²) in [7, 11) is 0. The van der Waals surface area contributed by atoms with Gasteiger partial charge in [0.05, 0.1) is 12.2 Å². The van der Waals surface area contributed by atoms with Crippen molar-refractivity contribution >= 4 is 23.5 Å². The van der Waals surface area contributed by atoms with Crippen molar-refractivity contribution < 1.29 is 45.1 Å². The maximum Gasteiger partial charge on any atom is 0.490 e. The zero-order valence-corrected chi connectivity index (χ0v) is 24.5. The van der Waals surface area contributed by atoms with Crippen molar-refractivity contribution in [1.29, 1.82) is 0 Å².